The van der Waals surface area contributed by atoms with Crippen molar-refractivity contribution in [1.82, 2.24) is 9.88 Å². The van der Waals surface area contributed by atoms with Crippen molar-refractivity contribution in [2.45, 2.75) is 20.0 Å². The van der Waals surface area contributed by atoms with Crippen LogP contribution < -0.4 is 24.4 Å². The van der Waals surface area contributed by atoms with Crippen LogP contribution in [0.2, 0.25) is 0 Å². The second kappa shape index (κ2) is 10.1. The Kier molecular flexibility index (Phi) is 7.32. The van der Waals surface area contributed by atoms with Crippen LogP contribution in [-0.4, -0.2) is 37.6 Å². The van der Waals surface area contributed by atoms with Gasteiger partial charge in [-0.05, 0) is 42.8 Å². The number of carbonyl (C=O) groups is 2. The molecule has 2 aromatic carbocycles. The molecular formula is C23H24N2O6S. The Bertz CT molecular complexity index is 1200. The van der Waals surface area contributed by atoms with Crippen molar-refractivity contribution >= 4 is 23.0 Å². The zero-order valence-corrected chi connectivity index (χ0v) is 19.1. The number of Topliss-reactive ketones (excluding diaryl/α,β-unsaturated/α-hetero) is 1. The topological polar surface area (TPSA) is 95.9 Å². The van der Waals surface area contributed by atoms with Gasteiger partial charge in [-0.25, -0.2) is 0 Å². The van der Waals surface area contributed by atoms with Crippen LogP contribution in [0.1, 0.15) is 38.1 Å². The van der Waals surface area contributed by atoms with E-state index in [1.165, 1.54) is 24.8 Å². The average molecular weight is 457 g/mol. The summed E-state index contributed by atoms with van der Waals surface area (Å²) < 4.78 is 17.3. The van der Waals surface area contributed by atoms with Gasteiger partial charge in [0, 0.05) is 23.9 Å². The summed E-state index contributed by atoms with van der Waals surface area (Å²) in [7, 11) is 4.62. The van der Waals surface area contributed by atoms with Gasteiger partial charge in [-0.15, -0.1) is 0 Å². The van der Waals surface area contributed by atoms with Crippen LogP contribution in [0.25, 0.3) is 0 Å². The van der Waals surface area contributed by atoms with E-state index < -0.39 is 0 Å². The first-order chi connectivity index (χ1) is 15.4. The average Bonchev–Trinajstić information content (AvgIpc) is 3.17. The monoisotopic (exact) mass is 456 g/mol. The van der Waals surface area contributed by atoms with E-state index in [1.54, 1.807) is 44.6 Å². The van der Waals surface area contributed by atoms with Gasteiger partial charge >= 0.3 is 4.87 Å². The molecule has 0 saturated heterocycles. The first-order valence-electron chi connectivity index (χ1n) is 9.73. The summed E-state index contributed by atoms with van der Waals surface area (Å²) in [4.78, 5) is 36.8. The van der Waals surface area contributed by atoms with Crippen molar-refractivity contribution in [1.29, 1.82) is 0 Å². The maximum absolute atomic E-state index is 12.6. The Morgan fingerprint density at radius 2 is 1.66 bits per heavy atom. The molecule has 0 atom stereocenters. The standard InChI is InChI=1S/C23H24N2O6S/c1-14(26)16-6-8-18(29-2)17(10-16)12-25-13-21(32-23(25)28)22(27)24-11-15-5-7-19(30-3)20(9-15)31-4/h5-10,13H,11-12H2,1-4H3,(H,24,27). The highest BCUT2D eigenvalue weighted by molar-refractivity contribution is 7.11. The summed E-state index contributed by atoms with van der Waals surface area (Å²) in [5, 5.41) is 2.81. The number of ether oxygens (including phenoxy) is 3. The first kappa shape index (κ1) is 23.1. The molecule has 0 saturated carbocycles. The number of rotatable bonds is 9. The minimum Gasteiger partial charge on any atom is -0.496 e. The Hall–Kier alpha value is -3.59. The van der Waals surface area contributed by atoms with Crippen molar-refractivity contribution in [2.75, 3.05) is 21.3 Å². The molecule has 1 heterocycles. The summed E-state index contributed by atoms with van der Waals surface area (Å²) in [6.07, 6.45) is 1.51. The molecule has 0 radical (unpaired) electrons. The summed E-state index contributed by atoms with van der Waals surface area (Å²) in [5.41, 5.74) is 2.03. The first-order valence-corrected chi connectivity index (χ1v) is 10.5. The zero-order valence-electron chi connectivity index (χ0n) is 18.3. The number of hydrogen-bond donors (Lipinski definition) is 1. The molecule has 0 fully saturated rings. The molecule has 1 aromatic heterocycles. The van der Waals surface area contributed by atoms with Gasteiger partial charge in [-0.2, -0.15) is 0 Å². The molecule has 0 aliphatic rings. The molecule has 9 heteroatoms. The smallest absolute Gasteiger partial charge is 0.308 e. The van der Waals surface area contributed by atoms with Gasteiger partial charge in [0.1, 0.15) is 10.6 Å². The molecule has 8 nitrogen and oxygen atoms in total. The van der Waals surface area contributed by atoms with Gasteiger partial charge in [-0.3, -0.25) is 14.4 Å². The molecule has 3 rings (SSSR count). The van der Waals surface area contributed by atoms with E-state index in [0.717, 1.165) is 16.9 Å². The Morgan fingerprint density at radius 3 is 2.31 bits per heavy atom. The van der Waals surface area contributed by atoms with Crippen LogP contribution in [0.5, 0.6) is 17.2 Å². The summed E-state index contributed by atoms with van der Waals surface area (Å²) in [6, 6.07) is 10.4. The van der Waals surface area contributed by atoms with E-state index in [-0.39, 0.29) is 34.5 Å². The van der Waals surface area contributed by atoms with Crippen LogP contribution in [0.15, 0.2) is 47.4 Å². The van der Waals surface area contributed by atoms with Crippen LogP contribution >= 0.6 is 11.3 Å². The molecule has 0 unspecified atom stereocenters. The second-order valence-corrected chi connectivity index (χ2v) is 7.94. The van der Waals surface area contributed by atoms with Crippen LogP contribution in [0.3, 0.4) is 0 Å². The summed E-state index contributed by atoms with van der Waals surface area (Å²) >= 11 is 0.857. The van der Waals surface area contributed by atoms with E-state index in [1.807, 2.05) is 6.07 Å². The zero-order chi connectivity index (χ0) is 23.3. The lowest BCUT2D eigenvalue weighted by atomic mass is 10.1. The third-order valence-corrected chi connectivity index (χ3v) is 5.78. The molecule has 0 spiro atoms. The van der Waals surface area contributed by atoms with E-state index in [2.05, 4.69) is 5.32 Å². The van der Waals surface area contributed by atoms with E-state index in [4.69, 9.17) is 14.2 Å². The van der Waals surface area contributed by atoms with Gasteiger partial charge < -0.3 is 24.1 Å². The Labute approximate surface area is 189 Å². The minimum atomic E-state index is -0.356. The number of nitrogens with zero attached hydrogens (tertiary/aromatic N) is 1. The number of nitrogens with one attached hydrogen (secondary N) is 1. The summed E-state index contributed by atoms with van der Waals surface area (Å²) in [5.74, 6) is 1.29. The molecule has 32 heavy (non-hydrogen) atoms. The van der Waals surface area contributed by atoms with Crippen LogP contribution in [0.4, 0.5) is 0 Å². The maximum Gasteiger partial charge on any atom is 0.308 e. The highest BCUT2D eigenvalue weighted by Gasteiger charge is 2.15. The van der Waals surface area contributed by atoms with Crippen LogP contribution in [-0.2, 0) is 13.1 Å². The lowest BCUT2D eigenvalue weighted by molar-refractivity contribution is 0.0953. The molecule has 1 amide bonds. The van der Waals surface area contributed by atoms with Crippen molar-refractivity contribution in [2.24, 2.45) is 0 Å². The third kappa shape index (κ3) is 5.17. The number of methoxy groups -OCH3 is 3. The maximum atomic E-state index is 12.6. The van der Waals surface area contributed by atoms with Crippen molar-refractivity contribution < 1.29 is 23.8 Å². The molecule has 168 valence electrons. The molecule has 0 bridgehead atoms. The number of carbonyl (C=O) groups excluding carboxylic acids is 2. The van der Waals surface area contributed by atoms with Gasteiger partial charge in [0.15, 0.2) is 17.3 Å². The van der Waals surface area contributed by atoms with Crippen molar-refractivity contribution in [3.63, 3.8) is 0 Å². The minimum absolute atomic E-state index is 0.0817. The number of thiazole rings is 1. The molecular weight excluding hydrogens is 432 g/mol. The second-order valence-electron chi connectivity index (χ2n) is 6.94. The largest absolute Gasteiger partial charge is 0.496 e. The lowest BCUT2D eigenvalue weighted by Crippen LogP contribution is -2.22. The number of amides is 1. The lowest BCUT2D eigenvalue weighted by Gasteiger charge is -2.10. The molecule has 3 aromatic rings. The fraction of sp³-hybridized carbons (Fsp3) is 0.261. The highest BCUT2D eigenvalue weighted by atomic mass is 32.1. The number of aromatic nitrogens is 1. The predicted molar refractivity (Wildman–Crippen MR) is 121 cm³/mol. The number of ketones is 1. The molecule has 1 N–H and O–H groups in total. The highest BCUT2D eigenvalue weighted by Crippen LogP contribution is 2.27. The Balaban J connectivity index is 1.74. The fourth-order valence-corrected chi connectivity index (χ4v) is 3.92. The van der Waals surface area contributed by atoms with Gasteiger partial charge in [-0.1, -0.05) is 17.4 Å². The molecule has 0 aliphatic carbocycles. The Morgan fingerprint density at radius 1 is 0.969 bits per heavy atom. The van der Waals surface area contributed by atoms with Crippen molar-refractivity contribution in [3.8, 4) is 17.2 Å². The van der Waals surface area contributed by atoms with Gasteiger partial charge in [0.05, 0.1) is 27.9 Å². The van der Waals surface area contributed by atoms with Crippen molar-refractivity contribution in [3.05, 3.63) is 73.8 Å². The number of benzene rings is 2. The fourth-order valence-electron chi connectivity index (χ4n) is 3.15. The number of hydrogen-bond acceptors (Lipinski definition) is 7. The normalized spacial score (nSPS) is 10.5. The summed E-state index contributed by atoms with van der Waals surface area (Å²) in [6.45, 7) is 1.92. The van der Waals surface area contributed by atoms with E-state index >= 15 is 0 Å². The van der Waals surface area contributed by atoms with E-state index in [0.29, 0.717) is 28.4 Å². The SMILES string of the molecule is COc1ccc(C(C)=O)cc1Cn1cc(C(=O)NCc2ccc(OC)c(OC)c2)sc1=O. The van der Waals surface area contributed by atoms with E-state index in [9.17, 15) is 14.4 Å². The van der Waals surface area contributed by atoms with Gasteiger partial charge in [0.2, 0.25) is 0 Å². The van der Waals surface area contributed by atoms with Crippen LogP contribution in [0, 0.1) is 0 Å². The third-order valence-electron chi connectivity index (χ3n) is 4.86. The predicted octanol–water partition coefficient (Wildman–Crippen LogP) is 3.12. The quantitative estimate of drug-likeness (QED) is 0.497. The van der Waals surface area contributed by atoms with Gasteiger partial charge in [0.25, 0.3) is 5.91 Å². The molecule has 0 aliphatic heterocycles.